The molecule has 2 fully saturated rings. The lowest BCUT2D eigenvalue weighted by Gasteiger charge is -2.38. The summed E-state index contributed by atoms with van der Waals surface area (Å²) in [6.07, 6.45) is 6.83. The lowest BCUT2D eigenvalue weighted by atomic mass is 9.85. The molecule has 1 aliphatic heterocycles. The van der Waals surface area contributed by atoms with Crippen LogP contribution in [0.25, 0.3) is 16.9 Å². The van der Waals surface area contributed by atoms with Crippen molar-refractivity contribution in [1.29, 1.82) is 0 Å². The minimum Gasteiger partial charge on any atom is -0.389 e. The maximum atomic E-state index is 14.1. The van der Waals surface area contributed by atoms with Gasteiger partial charge in [0.25, 0.3) is 6.43 Å². The second-order valence-electron chi connectivity index (χ2n) is 11.6. The number of rotatable bonds is 10. The lowest BCUT2D eigenvalue weighted by molar-refractivity contribution is 0.0171. The standard InChI is InChI=1S/C30H39F2N7O2/c1-4-13-38(20-30(2,3)40)22-11-9-21(10-12-22)19-33-29-35-25(37-14-16-41-17-15-37)18-26(36-29)39-24-8-6-5-7-23(24)34-28(39)27(31)32/h1,5-8,18,21-22,27,40H,9-17,19-20H2,2-3H3,(H,33,35,36)/t21-,22-. The molecule has 0 amide bonds. The van der Waals surface area contributed by atoms with E-state index in [1.54, 1.807) is 24.3 Å². The second kappa shape index (κ2) is 12.7. The number of alkyl halides is 2. The molecule has 11 heteroatoms. The lowest BCUT2D eigenvalue weighted by Crippen LogP contribution is -2.46. The van der Waals surface area contributed by atoms with Gasteiger partial charge in [-0.25, -0.2) is 13.8 Å². The predicted octanol–water partition coefficient (Wildman–Crippen LogP) is 4.27. The van der Waals surface area contributed by atoms with E-state index in [0.717, 1.165) is 25.7 Å². The Bertz CT molecular complexity index is 1350. The number of nitrogens with zero attached hydrogens (tertiary/aromatic N) is 6. The van der Waals surface area contributed by atoms with E-state index in [4.69, 9.17) is 21.1 Å². The number of anilines is 2. The molecule has 41 heavy (non-hydrogen) atoms. The minimum atomic E-state index is -2.76. The molecule has 1 saturated carbocycles. The summed E-state index contributed by atoms with van der Waals surface area (Å²) in [5, 5.41) is 13.7. The van der Waals surface area contributed by atoms with Gasteiger partial charge in [-0.1, -0.05) is 18.1 Å². The van der Waals surface area contributed by atoms with Gasteiger partial charge in [-0.05, 0) is 57.6 Å². The van der Waals surface area contributed by atoms with Gasteiger partial charge in [-0.2, -0.15) is 9.97 Å². The van der Waals surface area contributed by atoms with Crippen molar-refractivity contribution in [3.63, 3.8) is 0 Å². The smallest absolute Gasteiger partial charge is 0.296 e. The third-order valence-electron chi connectivity index (χ3n) is 7.81. The first-order valence-corrected chi connectivity index (χ1v) is 14.3. The summed E-state index contributed by atoms with van der Waals surface area (Å²) in [7, 11) is 0. The summed E-state index contributed by atoms with van der Waals surface area (Å²) < 4.78 is 35.2. The van der Waals surface area contributed by atoms with Crippen LogP contribution in [0.15, 0.2) is 30.3 Å². The second-order valence-corrected chi connectivity index (χ2v) is 11.6. The molecular weight excluding hydrogens is 528 g/mol. The normalized spacial score (nSPS) is 20.1. The molecule has 5 rings (SSSR count). The Labute approximate surface area is 239 Å². The molecule has 1 aromatic carbocycles. The van der Waals surface area contributed by atoms with E-state index in [0.29, 0.717) is 86.5 Å². The van der Waals surface area contributed by atoms with Crippen LogP contribution >= 0.6 is 0 Å². The van der Waals surface area contributed by atoms with Gasteiger partial charge in [0.15, 0.2) is 5.82 Å². The number of fused-ring (bicyclic) bond motifs is 1. The van der Waals surface area contributed by atoms with Crippen LogP contribution < -0.4 is 10.2 Å². The molecule has 3 aromatic rings. The highest BCUT2D eigenvalue weighted by Gasteiger charge is 2.29. The number of nitrogens with one attached hydrogen (secondary N) is 1. The van der Waals surface area contributed by atoms with Crippen molar-refractivity contribution in [2.75, 3.05) is 56.2 Å². The first-order chi connectivity index (χ1) is 19.7. The number of benzene rings is 1. The summed E-state index contributed by atoms with van der Waals surface area (Å²) in [5.74, 6) is 4.23. The summed E-state index contributed by atoms with van der Waals surface area (Å²) in [4.78, 5) is 18.0. The number of aliphatic hydroxyl groups is 1. The molecule has 0 spiro atoms. The maximum absolute atomic E-state index is 14.1. The quantitative estimate of drug-likeness (QED) is 0.351. The molecule has 2 N–H and O–H groups in total. The van der Waals surface area contributed by atoms with Gasteiger partial charge in [-0.3, -0.25) is 9.47 Å². The molecule has 0 bridgehead atoms. The van der Waals surface area contributed by atoms with Crippen molar-refractivity contribution in [2.24, 2.45) is 5.92 Å². The SMILES string of the molecule is C#CCN(CC(C)(C)O)[C@H]1CC[C@H](CNc2nc(N3CCOCC3)cc(-n3c(C(F)F)nc4ccccc43)n2)CC1. The average molecular weight is 568 g/mol. The van der Waals surface area contributed by atoms with Crippen molar-refractivity contribution in [2.45, 2.75) is 57.6 Å². The van der Waals surface area contributed by atoms with Crippen LogP contribution in [0.2, 0.25) is 0 Å². The fraction of sp³-hybridized carbons (Fsp3) is 0.567. The van der Waals surface area contributed by atoms with Crippen molar-refractivity contribution in [3.05, 3.63) is 36.2 Å². The third kappa shape index (κ3) is 7.12. The Hall–Kier alpha value is -3.33. The van der Waals surface area contributed by atoms with Crippen molar-refractivity contribution < 1.29 is 18.6 Å². The van der Waals surface area contributed by atoms with Crippen LogP contribution in [0.5, 0.6) is 0 Å². The zero-order valence-corrected chi connectivity index (χ0v) is 23.8. The summed E-state index contributed by atoms with van der Waals surface area (Å²) in [6.45, 7) is 7.81. The highest BCUT2D eigenvalue weighted by molar-refractivity contribution is 5.78. The van der Waals surface area contributed by atoms with Crippen LogP contribution in [-0.2, 0) is 4.74 Å². The summed E-state index contributed by atoms with van der Waals surface area (Å²) in [6, 6.07) is 9.18. The summed E-state index contributed by atoms with van der Waals surface area (Å²) in [5.41, 5.74) is 0.255. The molecule has 0 atom stereocenters. The van der Waals surface area contributed by atoms with E-state index >= 15 is 0 Å². The topological polar surface area (TPSA) is 91.6 Å². The highest BCUT2D eigenvalue weighted by Crippen LogP contribution is 2.31. The van der Waals surface area contributed by atoms with E-state index < -0.39 is 12.0 Å². The average Bonchev–Trinajstić information content (AvgIpc) is 3.36. The molecule has 3 heterocycles. The van der Waals surface area contributed by atoms with Crippen LogP contribution in [0.1, 0.15) is 51.8 Å². The number of hydrogen-bond acceptors (Lipinski definition) is 8. The molecule has 0 unspecified atom stereocenters. The molecule has 0 radical (unpaired) electrons. The Balaban J connectivity index is 1.35. The van der Waals surface area contributed by atoms with Gasteiger partial charge in [0.05, 0.1) is 36.4 Å². The van der Waals surface area contributed by atoms with Crippen LogP contribution in [0, 0.1) is 18.3 Å². The van der Waals surface area contributed by atoms with Crippen LogP contribution in [0.4, 0.5) is 20.5 Å². The number of terminal acetylenes is 1. The van der Waals surface area contributed by atoms with Gasteiger partial charge in [-0.15, -0.1) is 6.42 Å². The number of halogens is 2. The predicted molar refractivity (Wildman–Crippen MR) is 156 cm³/mol. The fourth-order valence-electron chi connectivity index (χ4n) is 5.88. The molecule has 2 aromatic heterocycles. The number of aromatic nitrogens is 4. The molecule has 1 saturated heterocycles. The third-order valence-corrected chi connectivity index (χ3v) is 7.81. The molecule has 2 aliphatic rings. The summed E-state index contributed by atoms with van der Waals surface area (Å²) >= 11 is 0. The number of ether oxygens (including phenoxy) is 1. The number of morpholine rings is 1. The highest BCUT2D eigenvalue weighted by atomic mass is 19.3. The van der Waals surface area contributed by atoms with Crippen LogP contribution in [0.3, 0.4) is 0 Å². The van der Waals surface area contributed by atoms with E-state index in [2.05, 4.69) is 26.0 Å². The van der Waals surface area contributed by atoms with Gasteiger partial charge in [0, 0.05) is 38.3 Å². The zero-order chi connectivity index (χ0) is 29.0. The first-order valence-electron chi connectivity index (χ1n) is 14.3. The molecular formula is C30H39F2N7O2. The van der Waals surface area contributed by atoms with Gasteiger partial charge in [0.2, 0.25) is 5.95 Å². The van der Waals surface area contributed by atoms with Gasteiger partial charge < -0.3 is 20.1 Å². The van der Waals surface area contributed by atoms with E-state index in [9.17, 15) is 13.9 Å². The van der Waals surface area contributed by atoms with Crippen LogP contribution in [-0.4, -0.2) is 87.1 Å². The van der Waals surface area contributed by atoms with Crippen molar-refractivity contribution in [1.82, 2.24) is 24.4 Å². The zero-order valence-electron chi connectivity index (χ0n) is 23.8. The molecule has 1 aliphatic carbocycles. The molecule has 9 nitrogen and oxygen atoms in total. The minimum absolute atomic E-state index is 0.337. The maximum Gasteiger partial charge on any atom is 0.296 e. The van der Waals surface area contributed by atoms with Gasteiger partial charge >= 0.3 is 0 Å². The molecule has 220 valence electrons. The van der Waals surface area contributed by atoms with E-state index in [1.165, 1.54) is 4.57 Å². The largest absolute Gasteiger partial charge is 0.389 e. The number of imidazole rings is 1. The first kappa shape index (κ1) is 29.2. The Morgan fingerprint density at radius 3 is 2.51 bits per heavy atom. The number of hydrogen-bond donors (Lipinski definition) is 2. The van der Waals surface area contributed by atoms with Crippen molar-refractivity contribution >= 4 is 22.8 Å². The van der Waals surface area contributed by atoms with Crippen molar-refractivity contribution in [3.8, 4) is 18.2 Å². The van der Waals surface area contributed by atoms with Gasteiger partial charge in [0.1, 0.15) is 11.6 Å². The Kier molecular flexibility index (Phi) is 9.02. The van der Waals surface area contributed by atoms with E-state index in [1.807, 2.05) is 19.9 Å². The monoisotopic (exact) mass is 567 g/mol. The Morgan fingerprint density at radius 2 is 1.83 bits per heavy atom. The van der Waals surface area contributed by atoms with E-state index in [-0.39, 0.29) is 5.82 Å². The number of para-hydroxylation sites is 2. The Morgan fingerprint density at radius 1 is 1.12 bits per heavy atom. The fourth-order valence-corrected chi connectivity index (χ4v) is 5.88.